The molecular formula is C17H10F4N2O. The average molecular weight is 334 g/mol. The topological polar surface area (TPSA) is 45.8 Å². The Labute approximate surface area is 133 Å². The first-order valence-electron chi connectivity index (χ1n) is 6.89. The molecule has 0 unspecified atom stereocenters. The van der Waals surface area contributed by atoms with Gasteiger partial charge in [-0.15, -0.1) is 0 Å². The number of aromatic amines is 1. The van der Waals surface area contributed by atoms with Gasteiger partial charge in [0.2, 0.25) is 0 Å². The van der Waals surface area contributed by atoms with Crippen molar-refractivity contribution in [2.24, 2.45) is 0 Å². The number of alkyl halides is 3. The first-order chi connectivity index (χ1) is 11.4. The number of rotatable bonds is 2. The van der Waals surface area contributed by atoms with Gasteiger partial charge in [0.1, 0.15) is 11.6 Å². The van der Waals surface area contributed by atoms with Crippen molar-refractivity contribution in [3.8, 4) is 22.6 Å². The average Bonchev–Trinajstić information content (AvgIpc) is 2.54. The number of hydrogen-bond acceptors (Lipinski definition) is 2. The summed E-state index contributed by atoms with van der Waals surface area (Å²) in [7, 11) is 0. The third-order valence-corrected chi connectivity index (χ3v) is 3.38. The van der Waals surface area contributed by atoms with Crippen molar-refractivity contribution in [1.29, 1.82) is 0 Å². The van der Waals surface area contributed by atoms with Crippen LogP contribution in [0.4, 0.5) is 17.6 Å². The molecule has 0 fully saturated rings. The minimum atomic E-state index is -4.61. The molecule has 122 valence electrons. The number of halogens is 4. The van der Waals surface area contributed by atoms with E-state index in [2.05, 4.69) is 9.97 Å². The molecule has 0 atom stereocenters. The van der Waals surface area contributed by atoms with Gasteiger partial charge in [-0.25, -0.2) is 9.37 Å². The molecule has 0 aliphatic carbocycles. The van der Waals surface area contributed by atoms with Crippen LogP contribution in [0.1, 0.15) is 5.56 Å². The van der Waals surface area contributed by atoms with Crippen molar-refractivity contribution >= 4 is 0 Å². The molecule has 24 heavy (non-hydrogen) atoms. The van der Waals surface area contributed by atoms with E-state index in [4.69, 9.17) is 0 Å². The van der Waals surface area contributed by atoms with Crippen molar-refractivity contribution in [2.45, 2.75) is 6.18 Å². The predicted molar refractivity (Wildman–Crippen MR) is 80.7 cm³/mol. The Balaban J connectivity index is 2.22. The van der Waals surface area contributed by atoms with Gasteiger partial charge in [-0.1, -0.05) is 30.3 Å². The van der Waals surface area contributed by atoms with E-state index in [1.807, 2.05) is 0 Å². The van der Waals surface area contributed by atoms with Gasteiger partial charge < -0.3 is 4.98 Å². The Morgan fingerprint density at radius 2 is 1.54 bits per heavy atom. The van der Waals surface area contributed by atoms with Crippen molar-refractivity contribution in [2.75, 3.05) is 0 Å². The molecule has 2 aromatic carbocycles. The van der Waals surface area contributed by atoms with Crippen LogP contribution in [-0.2, 0) is 6.18 Å². The molecule has 1 N–H and O–H groups in total. The number of benzene rings is 2. The van der Waals surface area contributed by atoms with Crippen molar-refractivity contribution in [3.05, 3.63) is 76.3 Å². The number of nitrogens with one attached hydrogen (secondary N) is 1. The summed E-state index contributed by atoms with van der Waals surface area (Å²) >= 11 is 0. The van der Waals surface area contributed by atoms with E-state index in [0.29, 0.717) is 0 Å². The number of aromatic nitrogens is 2. The predicted octanol–water partition coefficient (Wildman–Crippen LogP) is 4.26. The summed E-state index contributed by atoms with van der Waals surface area (Å²) < 4.78 is 53.3. The van der Waals surface area contributed by atoms with Gasteiger partial charge in [0.25, 0.3) is 5.56 Å². The Morgan fingerprint density at radius 1 is 0.917 bits per heavy atom. The first kappa shape index (κ1) is 15.9. The van der Waals surface area contributed by atoms with E-state index in [1.165, 1.54) is 36.4 Å². The quantitative estimate of drug-likeness (QED) is 0.712. The van der Waals surface area contributed by atoms with Crippen LogP contribution in [0.3, 0.4) is 0 Å². The minimum absolute atomic E-state index is 0.0364. The van der Waals surface area contributed by atoms with E-state index in [9.17, 15) is 22.4 Å². The number of nitrogens with zero attached hydrogens (tertiary/aromatic N) is 1. The molecule has 0 aliphatic heterocycles. The fourth-order valence-electron chi connectivity index (χ4n) is 2.33. The van der Waals surface area contributed by atoms with Crippen molar-refractivity contribution in [1.82, 2.24) is 9.97 Å². The highest BCUT2D eigenvalue weighted by atomic mass is 19.4. The Bertz CT molecular complexity index is 948. The largest absolute Gasteiger partial charge is 0.417 e. The number of hydrogen-bond donors (Lipinski definition) is 1. The summed E-state index contributed by atoms with van der Waals surface area (Å²) in [5, 5.41) is 0. The SMILES string of the molecule is O=c1cc(-c2ccccc2F)nc(-c2ccccc2C(F)(F)F)[nH]1. The molecule has 0 amide bonds. The summed E-state index contributed by atoms with van der Waals surface area (Å²) in [6.07, 6.45) is -4.61. The molecule has 0 saturated carbocycles. The smallest absolute Gasteiger partial charge is 0.306 e. The molecular weight excluding hydrogens is 324 g/mol. The second-order valence-electron chi connectivity index (χ2n) is 5.00. The molecule has 0 aliphatic rings. The van der Waals surface area contributed by atoms with Crippen LogP contribution >= 0.6 is 0 Å². The zero-order chi connectivity index (χ0) is 17.3. The third kappa shape index (κ3) is 3.05. The van der Waals surface area contributed by atoms with Gasteiger partial charge in [0.15, 0.2) is 0 Å². The summed E-state index contributed by atoms with van der Waals surface area (Å²) in [5.41, 5.74) is -1.88. The van der Waals surface area contributed by atoms with E-state index in [-0.39, 0.29) is 22.6 Å². The van der Waals surface area contributed by atoms with Gasteiger partial charge in [-0.05, 0) is 18.2 Å². The maximum absolute atomic E-state index is 13.9. The highest BCUT2D eigenvalue weighted by Crippen LogP contribution is 2.35. The Morgan fingerprint density at radius 3 is 2.21 bits per heavy atom. The standard InChI is InChI=1S/C17H10F4N2O/c18-13-8-4-2-6-11(13)14-9-15(24)23-16(22-14)10-5-1-3-7-12(10)17(19,20)21/h1-9H,(H,22,23,24). The molecule has 1 aromatic heterocycles. The lowest BCUT2D eigenvalue weighted by molar-refractivity contribution is -0.137. The maximum Gasteiger partial charge on any atom is 0.417 e. The summed E-state index contributed by atoms with van der Waals surface area (Å²) in [6, 6.07) is 11.4. The van der Waals surface area contributed by atoms with Gasteiger partial charge in [0, 0.05) is 17.2 Å². The molecule has 0 radical (unpaired) electrons. The number of H-pyrrole nitrogens is 1. The molecule has 0 bridgehead atoms. The van der Waals surface area contributed by atoms with Crippen molar-refractivity contribution < 1.29 is 17.6 Å². The highest BCUT2D eigenvalue weighted by Gasteiger charge is 2.34. The monoisotopic (exact) mass is 334 g/mol. The Kier molecular flexibility index (Phi) is 3.92. The molecule has 7 heteroatoms. The van der Waals surface area contributed by atoms with Crippen LogP contribution in [0.15, 0.2) is 59.4 Å². The van der Waals surface area contributed by atoms with Gasteiger partial charge in [-0.2, -0.15) is 13.2 Å². The zero-order valence-corrected chi connectivity index (χ0v) is 12.1. The zero-order valence-electron chi connectivity index (χ0n) is 12.1. The lowest BCUT2D eigenvalue weighted by atomic mass is 10.1. The second-order valence-corrected chi connectivity index (χ2v) is 5.00. The third-order valence-electron chi connectivity index (χ3n) is 3.38. The van der Waals surface area contributed by atoms with Crippen molar-refractivity contribution in [3.63, 3.8) is 0 Å². The van der Waals surface area contributed by atoms with Gasteiger partial charge in [0.05, 0.1) is 11.3 Å². The first-order valence-corrected chi connectivity index (χ1v) is 6.89. The van der Waals surface area contributed by atoms with E-state index >= 15 is 0 Å². The van der Waals surface area contributed by atoms with E-state index in [1.54, 1.807) is 6.07 Å². The van der Waals surface area contributed by atoms with Crippen LogP contribution < -0.4 is 5.56 Å². The van der Waals surface area contributed by atoms with Gasteiger partial charge >= 0.3 is 6.18 Å². The summed E-state index contributed by atoms with van der Waals surface area (Å²) in [4.78, 5) is 18.1. The van der Waals surface area contributed by atoms with Crippen LogP contribution in [0.2, 0.25) is 0 Å². The molecule has 3 rings (SSSR count). The fourth-order valence-corrected chi connectivity index (χ4v) is 2.33. The van der Waals surface area contributed by atoms with E-state index in [0.717, 1.165) is 12.1 Å². The molecule has 3 aromatic rings. The fraction of sp³-hybridized carbons (Fsp3) is 0.0588. The lowest BCUT2D eigenvalue weighted by Gasteiger charge is -2.12. The normalized spacial score (nSPS) is 11.5. The summed E-state index contributed by atoms with van der Waals surface area (Å²) in [5.74, 6) is -0.890. The molecule has 0 saturated heterocycles. The molecule has 3 nitrogen and oxygen atoms in total. The minimum Gasteiger partial charge on any atom is -0.306 e. The molecule has 0 spiro atoms. The van der Waals surface area contributed by atoms with Crippen LogP contribution in [0, 0.1) is 5.82 Å². The van der Waals surface area contributed by atoms with E-state index < -0.39 is 23.1 Å². The van der Waals surface area contributed by atoms with Crippen LogP contribution in [0.5, 0.6) is 0 Å². The highest BCUT2D eigenvalue weighted by molar-refractivity contribution is 5.66. The lowest BCUT2D eigenvalue weighted by Crippen LogP contribution is -2.12. The maximum atomic E-state index is 13.9. The van der Waals surface area contributed by atoms with Crippen LogP contribution in [-0.4, -0.2) is 9.97 Å². The Hall–Kier alpha value is -2.96. The molecule has 1 heterocycles. The van der Waals surface area contributed by atoms with Gasteiger partial charge in [-0.3, -0.25) is 4.79 Å². The summed E-state index contributed by atoms with van der Waals surface area (Å²) in [6.45, 7) is 0. The van der Waals surface area contributed by atoms with Crippen LogP contribution in [0.25, 0.3) is 22.6 Å². The second kappa shape index (κ2) is 5.92.